The number of carbonyl (C=O) groups is 1. The van der Waals surface area contributed by atoms with Gasteiger partial charge in [0.05, 0.1) is 24.2 Å². The molecular formula is C13H16N2O5. The molecule has 1 fully saturated rings. The topological polar surface area (TPSA) is 92.9 Å². The van der Waals surface area contributed by atoms with Crippen LogP contribution >= 0.6 is 0 Å². The van der Waals surface area contributed by atoms with Crippen molar-refractivity contribution >= 4 is 11.6 Å². The number of aliphatic hydroxyl groups is 1. The summed E-state index contributed by atoms with van der Waals surface area (Å²) in [6.07, 6.45) is -0.434. The first-order valence-corrected chi connectivity index (χ1v) is 6.29. The van der Waals surface area contributed by atoms with Crippen LogP contribution in [-0.2, 0) is 4.74 Å². The van der Waals surface area contributed by atoms with E-state index in [1.807, 2.05) is 0 Å². The molecule has 1 aliphatic heterocycles. The molecule has 1 saturated heterocycles. The van der Waals surface area contributed by atoms with E-state index in [1.54, 1.807) is 13.0 Å². The highest BCUT2D eigenvalue weighted by atomic mass is 16.6. The Kier molecular flexibility index (Phi) is 4.31. The Morgan fingerprint density at radius 1 is 1.60 bits per heavy atom. The van der Waals surface area contributed by atoms with Crippen molar-refractivity contribution in [3.05, 3.63) is 39.4 Å². The van der Waals surface area contributed by atoms with Crippen LogP contribution in [0.3, 0.4) is 0 Å². The Balaban J connectivity index is 2.28. The van der Waals surface area contributed by atoms with Gasteiger partial charge in [-0.05, 0) is 18.6 Å². The van der Waals surface area contributed by atoms with Gasteiger partial charge in [-0.3, -0.25) is 14.9 Å². The zero-order chi connectivity index (χ0) is 14.7. The van der Waals surface area contributed by atoms with E-state index >= 15 is 0 Å². The summed E-state index contributed by atoms with van der Waals surface area (Å²) in [4.78, 5) is 24.4. The molecule has 0 bridgehead atoms. The minimum absolute atomic E-state index is 0.0774. The molecule has 0 aliphatic carbocycles. The van der Waals surface area contributed by atoms with E-state index in [1.165, 1.54) is 17.0 Å². The van der Waals surface area contributed by atoms with Gasteiger partial charge in [0.25, 0.3) is 11.6 Å². The lowest BCUT2D eigenvalue weighted by molar-refractivity contribution is -0.385. The van der Waals surface area contributed by atoms with Crippen LogP contribution in [0.2, 0.25) is 0 Å². The van der Waals surface area contributed by atoms with Crippen molar-refractivity contribution in [1.82, 2.24) is 4.90 Å². The summed E-state index contributed by atoms with van der Waals surface area (Å²) in [6, 6.07) is 4.46. The molecule has 108 valence electrons. The van der Waals surface area contributed by atoms with E-state index in [0.717, 1.165) is 5.56 Å². The normalized spacial score (nSPS) is 18.9. The molecule has 0 saturated carbocycles. The fourth-order valence-electron chi connectivity index (χ4n) is 2.16. The predicted octanol–water partition coefficient (Wildman–Crippen LogP) is 0.737. The Labute approximate surface area is 115 Å². The summed E-state index contributed by atoms with van der Waals surface area (Å²) in [5, 5.41) is 20.1. The molecule has 7 nitrogen and oxygen atoms in total. The third kappa shape index (κ3) is 2.94. The van der Waals surface area contributed by atoms with E-state index < -0.39 is 16.9 Å². The molecule has 0 spiro atoms. The highest BCUT2D eigenvalue weighted by Crippen LogP contribution is 2.22. The van der Waals surface area contributed by atoms with Crippen LogP contribution in [0, 0.1) is 17.0 Å². The molecule has 0 radical (unpaired) electrons. The van der Waals surface area contributed by atoms with Crippen LogP contribution in [0.5, 0.6) is 0 Å². The van der Waals surface area contributed by atoms with Crippen LogP contribution in [0.1, 0.15) is 15.9 Å². The molecule has 1 atom stereocenters. The minimum Gasteiger partial charge on any atom is -0.394 e. The number of nitrogens with zero attached hydrogens (tertiary/aromatic N) is 2. The Morgan fingerprint density at radius 3 is 3.00 bits per heavy atom. The first kappa shape index (κ1) is 14.4. The number of ether oxygens (including phenoxy) is 1. The number of nitro groups is 1. The molecule has 1 aromatic rings. The first-order chi connectivity index (χ1) is 9.52. The van der Waals surface area contributed by atoms with Crippen molar-refractivity contribution in [2.24, 2.45) is 0 Å². The zero-order valence-electron chi connectivity index (χ0n) is 11.1. The summed E-state index contributed by atoms with van der Waals surface area (Å²) in [5.41, 5.74) is 0.659. The van der Waals surface area contributed by atoms with Gasteiger partial charge in [-0.15, -0.1) is 0 Å². The highest BCUT2D eigenvalue weighted by Gasteiger charge is 2.29. The minimum atomic E-state index is -0.559. The maximum Gasteiger partial charge on any atom is 0.282 e. The van der Waals surface area contributed by atoms with E-state index in [9.17, 15) is 14.9 Å². The maximum atomic E-state index is 12.4. The summed E-state index contributed by atoms with van der Waals surface area (Å²) in [5.74, 6) is -0.401. The summed E-state index contributed by atoms with van der Waals surface area (Å²) in [7, 11) is 0. The van der Waals surface area contributed by atoms with Crippen molar-refractivity contribution in [2.75, 3.05) is 26.3 Å². The average molecular weight is 280 g/mol. The second-order valence-electron chi connectivity index (χ2n) is 4.70. The van der Waals surface area contributed by atoms with Crippen molar-refractivity contribution in [2.45, 2.75) is 13.0 Å². The molecule has 1 aromatic carbocycles. The summed E-state index contributed by atoms with van der Waals surface area (Å²) >= 11 is 0. The van der Waals surface area contributed by atoms with Gasteiger partial charge in [-0.1, -0.05) is 6.07 Å². The average Bonchev–Trinajstić information content (AvgIpc) is 2.46. The van der Waals surface area contributed by atoms with Crippen LogP contribution in [-0.4, -0.2) is 53.2 Å². The molecule has 1 heterocycles. The fourth-order valence-corrected chi connectivity index (χ4v) is 2.16. The Hall–Kier alpha value is -1.99. The van der Waals surface area contributed by atoms with Crippen LogP contribution in [0.4, 0.5) is 5.69 Å². The second kappa shape index (κ2) is 5.98. The number of benzene rings is 1. The van der Waals surface area contributed by atoms with Crippen molar-refractivity contribution in [3.8, 4) is 0 Å². The predicted molar refractivity (Wildman–Crippen MR) is 70.6 cm³/mol. The lowest BCUT2D eigenvalue weighted by atomic mass is 10.1. The SMILES string of the molecule is Cc1ccc([N+](=O)[O-])c(C(=O)N2CCOC(CO)C2)c1. The number of rotatable bonds is 3. The quantitative estimate of drug-likeness (QED) is 0.651. The lowest BCUT2D eigenvalue weighted by Crippen LogP contribution is -2.47. The second-order valence-corrected chi connectivity index (χ2v) is 4.70. The first-order valence-electron chi connectivity index (χ1n) is 6.29. The van der Waals surface area contributed by atoms with E-state index in [-0.39, 0.29) is 24.4 Å². The number of aliphatic hydroxyl groups excluding tert-OH is 1. The van der Waals surface area contributed by atoms with E-state index in [2.05, 4.69) is 0 Å². The lowest BCUT2D eigenvalue weighted by Gasteiger charge is -2.32. The summed E-state index contributed by atoms with van der Waals surface area (Å²) < 4.78 is 5.27. The number of morpholine rings is 1. The monoisotopic (exact) mass is 280 g/mol. The summed E-state index contributed by atoms with van der Waals surface area (Å²) in [6.45, 7) is 2.51. The molecule has 2 rings (SSSR count). The number of amides is 1. The largest absolute Gasteiger partial charge is 0.394 e. The molecule has 1 aliphatic rings. The number of hydrogen-bond acceptors (Lipinski definition) is 5. The van der Waals surface area contributed by atoms with Gasteiger partial charge >= 0.3 is 0 Å². The van der Waals surface area contributed by atoms with Crippen LogP contribution in [0.25, 0.3) is 0 Å². The standard InChI is InChI=1S/C13H16N2O5/c1-9-2-3-12(15(18)19)11(6-9)13(17)14-4-5-20-10(7-14)8-16/h2-3,6,10,16H,4-5,7-8H2,1H3. The van der Waals surface area contributed by atoms with Gasteiger partial charge in [-0.25, -0.2) is 0 Å². The third-order valence-corrected chi connectivity index (χ3v) is 3.21. The number of carbonyl (C=O) groups excluding carboxylic acids is 1. The number of hydrogen-bond donors (Lipinski definition) is 1. The van der Waals surface area contributed by atoms with Crippen LogP contribution < -0.4 is 0 Å². The Bertz CT molecular complexity index is 531. The molecule has 1 N–H and O–H groups in total. The third-order valence-electron chi connectivity index (χ3n) is 3.21. The van der Waals surface area contributed by atoms with Gasteiger partial charge < -0.3 is 14.7 Å². The van der Waals surface area contributed by atoms with Gasteiger partial charge in [0.15, 0.2) is 0 Å². The Morgan fingerprint density at radius 2 is 2.35 bits per heavy atom. The molecule has 1 unspecified atom stereocenters. The number of nitro benzene ring substituents is 1. The smallest absolute Gasteiger partial charge is 0.282 e. The highest BCUT2D eigenvalue weighted by molar-refractivity contribution is 5.98. The zero-order valence-corrected chi connectivity index (χ0v) is 11.1. The fraction of sp³-hybridized carbons (Fsp3) is 0.462. The van der Waals surface area contributed by atoms with E-state index in [4.69, 9.17) is 9.84 Å². The molecular weight excluding hydrogens is 264 g/mol. The van der Waals surface area contributed by atoms with Crippen molar-refractivity contribution in [1.29, 1.82) is 0 Å². The number of aryl methyl sites for hydroxylation is 1. The van der Waals surface area contributed by atoms with Gasteiger partial charge in [0, 0.05) is 19.2 Å². The van der Waals surface area contributed by atoms with Gasteiger partial charge in [0.2, 0.25) is 0 Å². The molecule has 0 aromatic heterocycles. The molecule has 1 amide bonds. The van der Waals surface area contributed by atoms with Crippen molar-refractivity contribution < 1.29 is 19.6 Å². The van der Waals surface area contributed by atoms with Crippen molar-refractivity contribution in [3.63, 3.8) is 0 Å². The maximum absolute atomic E-state index is 12.4. The van der Waals surface area contributed by atoms with E-state index in [0.29, 0.717) is 13.2 Å². The van der Waals surface area contributed by atoms with Gasteiger partial charge in [-0.2, -0.15) is 0 Å². The van der Waals surface area contributed by atoms with Gasteiger partial charge in [0.1, 0.15) is 5.56 Å². The van der Waals surface area contributed by atoms with Crippen LogP contribution in [0.15, 0.2) is 18.2 Å². The molecule has 7 heteroatoms. The molecule has 20 heavy (non-hydrogen) atoms.